The van der Waals surface area contributed by atoms with Gasteiger partial charge in [-0.1, -0.05) is 25.0 Å². The van der Waals surface area contributed by atoms with Gasteiger partial charge in [0.25, 0.3) is 5.91 Å². The molecular weight excluding hydrogens is 310 g/mol. The lowest BCUT2D eigenvalue weighted by Gasteiger charge is -2.28. The van der Waals surface area contributed by atoms with Gasteiger partial charge < -0.3 is 15.2 Å². The predicted octanol–water partition coefficient (Wildman–Crippen LogP) is 2.25. The van der Waals surface area contributed by atoms with E-state index < -0.39 is 6.10 Å². The molecule has 4 nitrogen and oxygen atoms in total. The van der Waals surface area contributed by atoms with Gasteiger partial charge in [-0.05, 0) is 40.9 Å². The van der Waals surface area contributed by atoms with Crippen molar-refractivity contribution < 1.29 is 14.6 Å². The van der Waals surface area contributed by atoms with Crippen LogP contribution in [-0.2, 0) is 4.79 Å². The number of hydrogen-bond donors (Lipinski definition) is 2. The van der Waals surface area contributed by atoms with Gasteiger partial charge in [0.1, 0.15) is 5.75 Å². The first kappa shape index (κ1) is 14.3. The van der Waals surface area contributed by atoms with Crippen molar-refractivity contribution in [3.63, 3.8) is 0 Å². The van der Waals surface area contributed by atoms with E-state index in [0.717, 1.165) is 30.2 Å². The van der Waals surface area contributed by atoms with E-state index in [1.165, 1.54) is 0 Å². The number of carbonyl (C=O) groups excluding carboxylic acids is 1. The Morgan fingerprint density at radius 2 is 2.11 bits per heavy atom. The molecule has 0 spiro atoms. The van der Waals surface area contributed by atoms with Gasteiger partial charge >= 0.3 is 0 Å². The van der Waals surface area contributed by atoms with Crippen molar-refractivity contribution in [2.45, 2.75) is 37.8 Å². The Morgan fingerprint density at radius 3 is 2.84 bits per heavy atom. The maximum Gasteiger partial charge on any atom is 0.258 e. The molecule has 0 radical (unpaired) electrons. The second kappa shape index (κ2) is 6.91. The normalized spacial score (nSPS) is 22.8. The smallest absolute Gasteiger partial charge is 0.258 e. The highest BCUT2D eigenvalue weighted by Gasteiger charge is 2.24. The quantitative estimate of drug-likeness (QED) is 0.891. The fraction of sp³-hybridized carbons (Fsp3) is 0.500. The van der Waals surface area contributed by atoms with Crippen molar-refractivity contribution in [2.24, 2.45) is 0 Å². The molecule has 1 aliphatic rings. The number of aliphatic hydroxyl groups is 1. The van der Waals surface area contributed by atoms with Gasteiger partial charge in [0, 0.05) is 0 Å². The van der Waals surface area contributed by atoms with Crippen molar-refractivity contribution in [3.05, 3.63) is 28.7 Å². The first-order valence-electron chi connectivity index (χ1n) is 6.51. The van der Waals surface area contributed by atoms with Gasteiger partial charge in [-0.3, -0.25) is 4.79 Å². The molecule has 5 heteroatoms. The number of aliphatic hydroxyl groups excluding tert-OH is 1. The lowest BCUT2D eigenvalue weighted by molar-refractivity contribution is -0.125. The summed E-state index contributed by atoms with van der Waals surface area (Å²) in [5.41, 5.74) is 0. The molecule has 2 N–H and O–H groups in total. The summed E-state index contributed by atoms with van der Waals surface area (Å²) < 4.78 is 6.25. The molecule has 1 saturated carbocycles. The van der Waals surface area contributed by atoms with Gasteiger partial charge in [0.15, 0.2) is 6.61 Å². The number of nitrogens with one attached hydrogen (secondary N) is 1. The lowest BCUT2D eigenvalue weighted by atomic mass is 9.92. The predicted molar refractivity (Wildman–Crippen MR) is 76.0 cm³/mol. The molecule has 1 aromatic carbocycles. The van der Waals surface area contributed by atoms with Crippen LogP contribution in [0.2, 0.25) is 0 Å². The van der Waals surface area contributed by atoms with Crippen molar-refractivity contribution in [3.8, 4) is 5.75 Å². The average molecular weight is 328 g/mol. The van der Waals surface area contributed by atoms with E-state index >= 15 is 0 Å². The summed E-state index contributed by atoms with van der Waals surface area (Å²) in [6, 6.07) is 7.26. The molecule has 0 aromatic heterocycles. The van der Waals surface area contributed by atoms with Crippen LogP contribution >= 0.6 is 15.9 Å². The highest BCUT2D eigenvalue weighted by molar-refractivity contribution is 9.10. The van der Waals surface area contributed by atoms with E-state index in [1.807, 2.05) is 18.2 Å². The molecule has 0 saturated heterocycles. The zero-order valence-electron chi connectivity index (χ0n) is 10.6. The summed E-state index contributed by atoms with van der Waals surface area (Å²) in [5.74, 6) is 0.448. The van der Waals surface area contributed by atoms with Crippen molar-refractivity contribution >= 4 is 21.8 Å². The van der Waals surface area contributed by atoms with Gasteiger partial charge in [0.2, 0.25) is 0 Å². The number of benzene rings is 1. The van der Waals surface area contributed by atoms with Crippen LogP contribution in [0.15, 0.2) is 28.7 Å². The maximum absolute atomic E-state index is 11.8. The fourth-order valence-electron chi connectivity index (χ4n) is 2.23. The molecule has 2 rings (SSSR count). The molecule has 1 amide bonds. The minimum Gasteiger partial charge on any atom is -0.483 e. The second-order valence-corrected chi connectivity index (χ2v) is 5.60. The van der Waals surface area contributed by atoms with Crippen LogP contribution in [0.3, 0.4) is 0 Å². The summed E-state index contributed by atoms with van der Waals surface area (Å²) in [6.45, 7) is -0.0359. The second-order valence-electron chi connectivity index (χ2n) is 4.74. The molecule has 2 atom stereocenters. The largest absolute Gasteiger partial charge is 0.483 e. The van der Waals surface area contributed by atoms with Gasteiger partial charge in [0.05, 0.1) is 16.6 Å². The summed E-state index contributed by atoms with van der Waals surface area (Å²) in [4.78, 5) is 11.8. The third kappa shape index (κ3) is 4.21. The van der Waals surface area contributed by atoms with Crippen LogP contribution in [0.1, 0.15) is 25.7 Å². The number of halogens is 1. The number of hydrogen-bond acceptors (Lipinski definition) is 3. The molecule has 1 aromatic rings. The number of rotatable bonds is 4. The molecule has 0 heterocycles. The minimum atomic E-state index is -0.429. The van der Waals surface area contributed by atoms with Crippen molar-refractivity contribution in [2.75, 3.05) is 6.61 Å². The van der Waals surface area contributed by atoms with Gasteiger partial charge in [-0.15, -0.1) is 0 Å². The molecule has 0 aliphatic heterocycles. The Labute approximate surface area is 121 Å². The highest BCUT2D eigenvalue weighted by atomic mass is 79.9. The SMILES string of the molecule is O=C(COc1ccccc1Br)NC1CCCCC1O. The zero-order valence-corrected chi connectivity index (χ0v) is 12.2. The Kier molecular flexibility index (Phi) is 5.22. The van der Waals surface area contributed by atoms with Crippen LogP contribution in [0.4, 0.5) is 0 Å². The number of ether oxygens (including phenoxy) is 1. The molecule has 19 heavy (non-hydrogen) atoms. The zero-order chi connectivity index (χ0) is 13.7. The van der Waals surface area contributed by atoms with Crippen LogP contribution < -0.4 is 10.1 Å². The topological polar surface area (TPSA) is 58.6 Å². The summed E-state index contributed by atoms with van der Waals surface area (Å²) in [5, 5.41) is 12.6. The third-order valence-corrected chi connectivity index (χ3v) is 3.93. The minimum absolute atomic E-state index is 0.0359. The van der Waals surface area contributed by atoms with Crippen LogP contribution in [-0.4, -0.2) is 29.8 Å². The first-order valence-corrected chi connectivity index (χ1v) is 7.31. The Morgan fingerprint density at radius 1 is 1.37 bits per heavy atom. The third-order valence-electron chi connectivity index (χ3n) is 3.27. The fourth-order valence-corrected chi connectivity index (χ4v) is 2.63. The van der Waals surface area contributed by atoms with Crippen molar-refractivity contribution in [1.29, 1.82) is 0 Å². The molecule has 104 valence electrons. The van der Waals surface area contributed by atoms with Crippen molar-refractivity contribution in [1.82, 2.24) is 5.32 Å². The van der Waals surface area contributed by atoms with E-state index in [9.17, 15) is 9.90 Å². The first-order chi connectivity index (χ1) is 9.16. The molecule has 0 bridgehead atoms. The molecule has 2 unspecified atom stereocenters. The maximum atomic E-state index is 11.8. The molecule has 1 aliphatic carbocycles. The Hall–Kier alpha value is -1.07. The van der Waals surface area contributed by atoms with E-state index in [4.69, 9.17) is 4.74 Å². The standard InChI is InChI=1S/C14H18BrNO3/c15-10-5-1-4-8-13(10)19-9-14(18)16-11-6-2-3-7-12(11)17/h1,4-5,8,11-12,17H,2-3,6-7,9H2,(H,16,18). The van der Waals surface area contributed by atoms with E-state index in [-0.39, 0.29) is 18.6 Å². The highest BCUT2D eigenvalue weighted by Crippen LogP contribution is 2.23. The summed E-state index contributed by atoms with van der Waals surface area (Å²) in [7, 11) is 0. The molecular formula is C14H18BrNO3. The Balaban J connectivity index is 1.80. The number of carbonyl (C=O) groups is 1. The van der Waals surface area contributed by atoms with Crippen LogP contribution in [0.5, 0.6) is 5.75 Å². The van der Waals surface area contributed by atoms with Crippen LogP contribution in [0, 0.1) is 0 Å². The van der Waals surface area contributed by atoms with Gasteiger partial charge in [-0.2, -0.15) is 0 Å². The number of amides is 1. The Bertz CT molecular complexity index is 438. The summed E-state index contributed by atoms with van der Waals surface area (Å²) in [6.07, 6.45) is 3.24. The lowest BCUT2D eigenvalue weighted by Crippen LogP contribution is -2.46. The van der Waals surface area contributed by atoms with E-state index in [1.54, 1.807) is 6.07 Å². The summed E-state index contributed by atoms with van der Waals surface area (Å²) >= 11 is 3.36. The van der Waals surface area contributed by atoms with Crippen LogP contribution in [0.25, 0.3) is 0 Å². The average Bonchev–Trinajstić information content (AvgIpc) is 2.40. The molecule has 1 fully saturated rings. The number of para-hydroxylation sites is 1. The monoisotopic (exact) mass is 327 g/mol. The van der Waals surface area contributed by atoms with Gasteiger partial charge in [-0.25, -0.2) is 0 Å². The van der Waals surface area contributed by atoms with E-state index in [0.29, 0.717) is 5.75 Å². The van der Waals surface area contributed by atoms with E-state index in [2.05, 4.69) is 21.2 Å².